The smallest absolute Gasteiger partial charge is 0.171 e. The molecule has 4 nitrogen and oxygen atoms in total. The van der Waals surface area contributed by atoms with E-state index in [4.69, 9.17) is 12.2 Å². The highest BCUT2D eigenvalue weighted by Gasteiger charge is 2.31. The zero-order valence-corrected chi connectivity index (χ0v) is 8.84. The highest BCUT2D eigenvalue weighted by atomic mass is 32.1. The number of hydrogen-bond acceptors (Lipinski definition) is 3. The van der Waals surface area contributed by atoms with E-state index >= 15 is 0 Å². The molecule has 2 heterocycles. The highest BCUT2D eigenvalue weighted by Crippen LogP contribution is 2.31. The van der Waals surface area contributed by atoms with Crippen molar-refractivity contribution in [2.45, 2.75) is 18.9 Å². The van der Waals surface area contributed by atoms with Crippen LogP contribution in [0.25, 0.3) is 0 Å². The van der Waals surface area contributed by atoms with Crippen LogP contribution in [0.3, 0.4) is 0 Å². The Hall–Kier alpha value is -1.49. The maximum Gasteiger partial charge on any atom is 0.171 e. The van der Waals surface area contributed by atoms with E-state index in [1.54, 1.807) is 12.4 Å². The van der Waals surface area contributed by atoms with Gasteiger partial charge in [0.1, 0.15) is 0 Å². The molecule has 0 radical (unpaired) electrons. The molecule has 0 aromatic rings. The van der Waals surface area contributed by atoms with Gasteiger partial charge in [0.2, 0.25) is 0 Å². The summed E-state index contributed by atoms with van der Waals surface area (Å²) in [6.07, 6.45) is 7.35. The van der Waals surface area contributed by atoms with E-state index in [1.807, 2.05) is 6.20 Å². The van der Waals surface area contributed by atoms with Gasteiger partial charge in [-0.2, -0.15) is 0 Å². The highest BCUT2D eigenvalue weighted by molar-refractivity contribution is 7.80. The number of thiocarbonyl (C=S) groups is 1. The number of rotatable bonds is 0. The van der Waals surface area contributed by atoms with Gasteiger partial charge in [0.15, 0.2) is 5.11 Å². The number of hydrogen-bond donors (Lipinski definition) is 2. The van der Waals surface area contributed by atoms with E-state index in [1.165, 1.54) is 5.57 Å². The fraction of sp³-hybridized carbons (Fsp3) is 0.300. The molecule has 76 valence electrons. The quantitative estimate of drug-likeness (QED) is 0.593. The standard InChI is InChI=1S/C10H10N4S/c15-10-13-7-2-1-6-5-11-3-4-12-8(6)9(7)14-10/h3-5,7H,1-2H2,(H2,13,14,15). The molecule has 15 heavy (non-hydrogen) atoms. The molecule has 0 aromatic heterocycles. The second-order valence-corrected chi connectivity index (χ2v) is 4.09. The Morgan fingerprint density at radius 1 is 1.40 bits per heavy atom. The van der Waals surface area contributed by atoms with Crippen molar-refractivity contribution in [2.75, 3.05) is 0 Å². The molecule has 1 saturated heterocycles. The zero-order chi connectivity index (χ0) is 10.3. The summed E-state index contributed by atoms with van der Waals surface area (Å²) in [7, 11) is 0. The number of fused-ring (bicyclic) bond motifs is 2. The van der Waals surface area contributed by atoms with Crippen LogP contribution >= 0.6 is 12.2 Å². The van der Waals surface area contributed by atoms with Crippen molar-refractivity contribution in [3.63, 3.8) is 0 Å². The average molecular weight is 218 g/mol. The van der Waals surface area contributed by atoms with Crippen LogP contribution in [0, 0.1) is 0 Å². The molecule has 2 aliphatic heterocycles. The van der Waals surface area contributed by atoms with Crippen molar-refractivity contribution in [3.8, 4) is 0 Å². The maximum atomic E-state index is 5.10. The first kappa shape index (κ1) is 8.79. The maximum absolute atomic E-state index is 5.10. The van der Waals surface area contributed by atoms with Gasteiger partial charge in [-0.25, -0.2) is 0 Å². The molecular weight excluding hydrogens is 208 g/mol. The number of nitrogens with zero attached hydrogens (tertiary/aromatic N) is 2. The third kappa shape index (κ3) is 1.39. The van der Waals surface area contributed by atoms with Crippen LogP contribution in [0.15, 0.2) is 33.2 Å². The Labute approximate surface area is 92.9 Å². The minimum Gasteiger partial charge on any atom is -0.354 e. The fourth-order valence-electron chi connectivity index (χ4n) is 2.07. The van der Waals surface area contributed by atoms with Crippen LogP contribution in [0.2, 0.25) is 0 Å². The number of nitrogens with one attached hydrogen (secondary N) is 2. The normalized spacial score (nSPS) is 27.6. The van der Waals surface area contributed by atoms with Gasteiger partial charge in [0, 0.05) is 18.6 Å². The molecule has 3 rings (SSSR count). The van der Waals surface area contributed by atoms with Crippen LogP contribution < -0.4 is 10.6 Å². The molecule has 3 aliphatic rings. The van der Waals surface area contributed by atoms with Crippen molar-refractivity contribution in [1.29, 1.82) is 0 Å². The molecule has 5 heteroatoms. The van der Waals surface area contributed by atoms with E-state index in [-0.39, 0.29) is 0 Å². The average Bonchev–Trinajstić information content (AvgIpc) is 2.48. The summed E-state index contributed by atoms with van der Waals surface area (Å²) in [5.74, 6) is 0. The molecule has 0 saturated carbocycles. The molecule has 0 bridgehead atoms. The van der Waals surface area contributed by atoms with Crippen molar-refractivity contribution >= 4 is 29.8 Å². The van der Waals surface area contributed by atoms with E-state index < -0.39 is 0 Å². The van der Waals surface area contributed by atoms with Gasteiger partial charge >= 0.3 is 0 Å². The summed E-state index contributed by atoms with van der Waals surface area (Å²) < 4.78 is 0. The summed E-state index contributed by atoms with van der Waals surface area (Å²) in [6, 6.07) is 0.305. The van der Waals surface area contributed by atoms with Gasteiger partial charge in [0.05, 0.1) is 17.4 Å². The minimum atomic E-state index is 0.305. The van der Waals surface area contributed by atoms with Crippen molar-refractivity contribution in [1.82, 2.24) is 10.6 Å². The van der Waals surface area contributed by atoms with E-state index in [2.05, 4.69) is 20.6 Å². The Morgan fingerprint density at radius 2 is 2.33 bits per heavy atom. The molecule has 1 atom stereocenters. The van der Waals surface area contributed by atoms with Gasteiger partial charge in [0.25, 0.3) is 0 Å². The number of allylic oxidation sites excluding steroid dienone is 1. The van der Waals surface area contributed by atoms with Gasteiger partial charge in [-0.05, 0) is 30.6 Å². The predicted molar refractivity (Wildman–Crippen MR) is 64.0 cm³/mol. The third-order valence-corrected chi connectivity index (χ3v) is 2.97. The first-order chi connectivity index (χ1) is 7.34. The van der Waals surface area contributed by atoms with Crippen LogP contribution in [0.5, 0.6) is 0 Å². The van der Waals surface area contributed by atoms with Gasteiger partial charge < -0.3 is 10.6 Å². The second-order valence-electron chi connectivity index (χ2n) is 3.68. The molecule has 0 aromatic carbocycles. The summed E-state index contributed by atoms with van der Waals surface area (Å²) in [4.78, 5) is 8.53. The van der Waals surface area contributed by atoms with E-state index in [9.17, 15) is 0 Å². The Morgan fingerprint density at radius 3 is 3.27 bits per heavy atom. The van der Waals surface area contributed by atoms with Gasteiger partial charge in [-0.1, -0.05) is 0 Å². The monoisotopic (exact) mass is 218 g/mol. The lowest BCUT2D eigenvalue weighted by Crippen LogP contribution is -2.27. The second kappa shape index (κ2) is 3.27. The Bertz CT molecular complexity index is 444. The molecule has 2 N–H and O–H groups in total. The molecule has 1 aliphatic carbocycles. The summed E-state index contributed by atoms with van der Waals surface area (Å²) in [5.41, 5.74) is 3.28. The summed E-state index contributed by atoms with van der Waals surface area (Å²) in [6.45, 7) is 0. The zero-order valence-electron chi connectivity index (χ0n) is 8.03. The van der Waals surface area contributed by atoms with Crippen LogP contribution in [-0.4, -0.2) is 23.6 Å². The molecule has 1 fully saturated rings. The molecule has 1 unspecified atom stereocenters. The van der Waals surface area contributed by atoms with Crippen LogP contribution in [0.1, 0.15) is 12.8 Å². The molecule has 0 amide bonds. The largest absolute Gasteiger partial charge is 0.354 e. The lowest BCUT2D eigenvalue weighted by atomic mass is 9.93. The SMILES string of the molecule is S=C1NC2=C3N=CC=NC=C3CCC2N1. The van der Waals surface area contributed by atoms with Gasteiger partial charge in [-0.3, -0.25) is 9.98 Å². The van der Waals surface area contributed by atoms with Crippen molar-refractivity contribution in [2.24, 2.45) is 9.98 Å². The lowest BCUT2D eigenvalue weighted by molar-refractivity contribution is 0.622. The predicted octanol–water partition coefficient (Wildman–Crippen LogP) is 0.877. The molecular formula is C10H10N4S. The van der Waals surface area contributed by atoms with Gasteiger partial charge in [-0.15, -0.1) is 0 Å². The Balaban J connectivity index is 2.12. The van der Waals surface area contributed by atoms with Crippen LogP contribution in [0.4, 0.5) is 0 Å². The fourth-order valence-corrected chi connectivity index (χ4v) is 2.32. The Kier molecular flexibility index (Phi) is 1.92. The molecule has 0 spiro atoms. The topological polar surface area (TPSA) is 48.8 Å². The lowest BCUT2D eigenvalue weighted by Gasteiger charge is -2.21. The van der Waals surface area contributed by atoms with E-state index in [0.717, 1.165) is 24.2 Å². The first-order valence-corrected chi connectivity index (χ1v) is 5.32. The van der Waals surface area contributed by atoms with E-state index in [0.29, 0.717) is 11.2 Å². The van der Waals surface area contributed by atoms with Crippen molar-refractivity contribution in [3.05, 3.63) is 23.2 Å². The first-order valence-electron chi connectivity index (χ1n) is 4.91. The summed E-state index contributed by atoms with van der Waals surface area (Å²) >= 11 is 5.10. The summed E-state index contributed by atoms with van der Waals surface area (Å²) in [5, 5.41) is 7.10. The third-order valence-electron chi connectivity index (χ3n) is 2.75. The van der Waals surface area contributed by atoms with Crippen LogP contribution in [-0.2, 0) is 0 Å². The minimum absolute atomic E-state index is 0.305. The van der Waals surface area contributed by atoms with Crippen molar-refractivity contribution < 1.29 is 0 Å². The number of aliphatic imine (C=N–C) groups is 2.